The lowest BCUT2D eigenvalue weighted by atomic mass is 10.1. The van der Waals surface area contributed by atoms with Crippen LogP contribution < -0.4 is 5.73 Å². The Kier molecular flexibility index (Phi) is 3.54. The average Bonchev–Trinajstić information content (AvgIpc) is 2.72. The van der Waals surface area contributed by atoms with Crippen LogP contribution in [0.4, 0.5) is 0 Å². The molecule has 0 aliphatic rings. The fourth-order valence-electron chi connectivity index (χ4n) is 1.97. The summed E-state index contributed by atoms with van der Waals surface area (Å²) in [6.45, 7) is 6.75. The van der Waals surface area contributed by atoms with Crippen LogP contribution >= 0.6 is 15.9 Å². The van der Waals surface area contributed by atoms with Gasteiger partial charge in [0.1, 0.15) is 5.82 Å². The predicted octanol–water partition coefficient (Wildman–Crippen LogP) is 2.92. The Balaban J connectivity index is 2.62. The van der Waals surface area contributed by atoms with Crippen molar-refractivity contribution in [3.05, 3.63) is 34.6 Å². The number of benzene rings is 1. The van der Waals surface area contributed by atoms with E-state index in [0.717, 1.165) is 21.7 Å². The fourth-order valence-corrected chi connectivity index (χ4v) is 2.37. The summed E-state index contributed by atoms with van der Waals surface area (Å²) in [5, 5.41) is 8.46. The standard InChI is InChI=1S/C13H17BrN4/c1-13(2,3)18-11(8-15)16-17-12(18)9-5-4-6-10(14)7-9/h4-7H,8,15H2,1-3H3. The molecule has 2 aromatic rings. The molecule has 96 valence electrons. The summed E-state index contributed by atoms with van der Waals surface area (Å²) in [6, 6.07) is 8.04. The molecule has 0 bridgehead atoms. The Hall–Kier alpha value is -1.20. The molecule has 18 heavy (non-hydrogen) atoms. The van der Waals surface area contributed by atoms with Crippen LogP contribution in [-0.4, -0.2) is 14.8 Å². The van der Waals surface area contributed by atoms with Crippen molar-refractivity contribution in [2.45, 2.75) is 32.9 Å². The molecule has 0 aliphatic carbocycles. The predicted molar refractivity (Wildman–Crippen MR) is 76.0 cm³/mol. The minimum Gasteiger partial charge on any atom is -0.324 e. The zero-order valence-corrected chi connectivity index (χ0v) is 12.4. The SMILES string of the molecule is CC(C)(C)n1c(CN)nnc1-c1cccc(Br)c1. The monoisotopic (exact) mass is 308 g/mol. The Morgan fingerprint density at radius 2 is 2.00 bits per heavy atom. The normalized spacial score (nSPS) is 11.8. The highest BCUT2D eigenvalue weighted by molar-refractivity contribution is 9.10. The summed E-state index contributed by atoms with van der Waals surface area (Å²) in [6.07, 6.45) is 0. The van der Waals surface area contributed by atoms with Crippen molar-refractivity contribution in [2.24, 2.45) is 5.73 Å². The maximum absolute atomic E-state index is 5.74. The molecule has 0 aliphatic heterocycles. The summed E-state index contributed by atoms with van der Waals surface area (Å²) in [5.74, 6) is 1.65. The van der Waals surface area contributed by atoms with Crippen molar-refractivity contribution in [1.82, 2.24) is 14.8 Å². The summed E-state index contributed by atoms with van der Waals surface area (Å²) in [5.41, 5.74) is 6.67. The first kappa shape index (κ1) is 13.2. The van der Waals surface area contributed by atoms with Crippen LogP contribution in [0.15, 0.2) is 28.7 Å². The largest absolute Gasteiger partial charge is 0.324 e. The molecule has 0 saturated carbocycles. The van der Waals surface area contributed by atoms with Crippen LogP contribution in [0.2, 0.25) is 0 Å². The second kappa shape index (κ2) is 4.82. The van der Waals surface area contributed by atoms with Crippen molar-refractivity contribution in [2.75, 3.05) is 0 Å². The van der Waals surface area contributed by atoms with E-state index < -0.39 is 0 Å². The van der Waals surface area contributed by atoms with Crippen LogP contribution in [0, 0.1) is 0 Å². The molecule has 1 heterocycles. The fraction of sp³-hybridized carbons (Fsp3) is 0.385. The molecular weight excluding hydrogens is 292 g/mol. The lowest BCUT2D eigenvalue weighted by molar-refractivity contribution is 0.386. The molecule has 0 unspecified atom stereocenters. The van der Waals surface area contributed by atoms with Crippen LogP contribution in [0.5, 0.6) is 0 Å². The number of nitrogens with zero attached hydrogens (tertiary/aromatic N) is 3. The molecule has 0 radical (unpaired) electrons. The van der Waals surface area contributed by atoms with E-state index in [-0.39, 0.29) is 5.54 Å². The number of rotatable bonds is 2. The molecule has 1 aromatic heterocycles. The van der Waals surface area contributed by atoms with Crippen LogP contribution in [-0.2, 0) is 12.1 Å². The molecule has 5 heteroatoms. The average molecular weight is 309 g/mol. The smallest absolute Gasteiger partial charge is 0.164 e. The molecular formula is C13H17BrN4. The summed E-state index contributed by atoms with van der Waals surface area (Å²) in [7, 11) is 0. The van der Waals surface area contributed by atoms with Gasteiger partial charge in [0.15, 0.2) is 5.82 Å². The van der Waals surface area contributed by atoms with Gasteiger partial charge in [0.25, 0.3) is 0 Å². The van der Waals surface area contributed by atoms with E-state index in [1.807, 2.05) is 24.3 Å². The number of hydrogen-bond donors (Lipinski definition) is 1. The van der Waals surface area contributed by atoms with E-state index in [4.69, 9.17) is 5.73 Å². The molecule has 0 fully saturated rings. The highest BCUT2D eigenvalue weighted by atomic mass is 79.9. The molecule has 4 nitrogen and oxygen atoms in total. The Morgan fingerprint density at radius 3 is 2.56 bits per heavy atom. The Labute approximate surface area is 115 Å². The first-order valence-corrected chi connectivity index (χ1v) is 6.63. The van der Waals surface area contributed by atoms with Gasteiger partial charge in [0.2, 0.25) is 0 Å². The number of hydrogen-bond acceptors (Lipinski definition) is 3. The van der Waals surface area contributed by atoms with Crippen molar-refractivity contribution in [3.8, 4) is 11.4 Å². The first-order valence-electron chi connectivity index (χ1n) is 5.84. The van der Waals surface area contributed by atoms with Crippen molar-refractivity contribution in [3.63, 3.8) is 0 Å². The molecule has 0 saturated heterocycles. The van der Waals surface area contributed by atoms with Gasteiger partial charge in [-0.05, 0) is 32.9 Å². The van der Waals surface area contributed by atoms with Crippen LogP contribution in [0.1, 0.15) is 26.6 Å². The van der Waals surface area contributed by atoms with E-state index in [9.17, 15) is 0 Å². The van der Waals surface area contributed by atoms with Gasteiger partial charge in [-0.3, -0.25) is 0 Å². The second-order valence-corrected chi connectivity index (χ2v) is 6.08. The van der Waals surface area contributed by atoms with Gasteiger partial charge in [-0.2, -0.15) is 0 Å². The van der Waals surface area contributed by atoms with E-state index >= 15 is 0 Å². The first-order chi connectivity index (χ1) is 8.43. The third-order valence-electron chi connectivity index (χ3n) is 2.67. The molecule has 0 spiro atoms. The van der Waals surface area contributed by atoms with Gasteiger partial charge < -0.3 is 10.3 Å². The van der Waals surface area contributed by atoms with Crippen LogP contribution in [0.25, 0.3) is 11.4 Å². The van der Waals surface area contributed by atoms with Gasteiger partial charge in [-0.1, -0.05) is 28.1 Å². The molecule has 0 atom stereocenters. The highest BCUT2D eigenvalue weighted by Crippen LogP contribution is 2.27. The maximum Gasteiger partial charge on any atom is 0.164 e. The van der Waals surface area contributed by atoms with Gasteiger partial charge in [-0.25, -0.2) is 0 Å². The zero-order valence-electron chi connectivity index (χ0n) is 10.8. The zero-order chi connectivity index (χ0) is 13.3. The molecule has 1 aromatic carbocycles. The molecule has 0 amide bonds. The van der Waals surface area contributed by atoms with Gasteiger partial charge in [0, 0.05) is 15.6 Å². The van der Waals surface area contributed by atoms with Gasteiger partial charge in [-0.15, -0.1) is 10.2 Å². The van der Waals surface area contributed by atoms with Gasteiger partial charge in [0.05, 0.1) is 6.54 Å². The lowest BCUT2D eigenvalue weighted by Gasteiger charge is -2.24. The molecule has 2 rings (SSSR count). The van der Waals surface area contributed by atoms with E-state index in [1.54, 1.807) is 0 Å². The summed E-state index contributed by atoms with van der Waals surface area (Å²) < 4.78 is 3.12. The topological polar surface area (TPSA) is 56.7 Å². The van der Waals surface area contributed by atoms with E-state index in [1.165, 1.54) is 0 Å². The molecule has 2 N–H and O–H groups in total. The number of halogens is 1. The Morgan fingerprint density at radius 1 is 1.28 bits per heavy atom. The summed E-state index contributed by atoms with van der Waals surface area (Å²) in [4.78, 5) is 0. The highest BCUT2D eigenvalue weighted by Gasteiger charge is 2.23. The van der Waals surface area contributed by atoms with Gasteiger partial charge >= 0.3 is 0 Å². The maximum atomic E-state index is 5.74. The third-order valence-corrected chi connectivity index (χ3v) is 3.16. The summed E-state index contributed by atoms with van der Waals surface area (Å²) >= 11 is 3.48. The van der Waals surface area contributed by atoms with Crippen molar-refractivity contribution >= 4 is 15.9 Å². The Bertz CT molecular complexity index is 554. The number of nitrogens with two attached hydrogens (primary N) is 1. The second-order valence-electron chi connectivity index (χ2n) is 5.16. The van der Waals surface area contributed by atoms with Crippen molar-refractivity contribution in [1.29, 1.82) is 0 Å². The van der Waals surface area contributed by atoms with E-state index in [2.05, 4.69) is 51.5 Å². The van der Waals surface area contributed by atoms with Crippen molar-refractivity contribution < 1.29 is 0 Å². The van der Waals surface area contributed by atoms with Crippen LogP contribution in [0.3, 0.4) is 0 Å². The number of aromatic nitrogens is 3. The third kappa shape index (κ3) is 2.47. The minimum atomic E-state index is -0.101. The lowest BCUT2D eigenvalue weighted by Crippen LogP contribution is -2.26. The van der Waals surface area contributed by atoms with E-state index in [0.29, 0.717) is 6.54 Å². The quantitative estimate of drug-likeness (QED) is 0.928. The minimum absolute atomic E-state index is 0.101.